The molecule has 0 bridgehead atoms. The molecule has 0 aliphatic heterocycles. The Hall–Kier alpha value is -6.16. The molecule has 49 heavy (non-hydrogen) atoms. The average molecular weight is 644 g/mol. The lowest BCUT2D eigenvalue weighted by molar-refractivity contribution is 0.673. The van der Waals surface area contributed by atoms with Crippen molar-refractivity contribution in [2.75, 3.05) is 4.90 Å². The third kappa shape index (κ3) is 4.47. The number of hydrogen-bond donors (Lipinski definition) is 0. The number of nitrogens with zero attached hydrogens (tertiary/aromatic N) is 1. The molecule has 8 aromatic carbocycles. The highest BCUT2D eigenvalue weighted by atomic mass is 32.1. The Balaban J connectivity index is 1.26. The smallest absolute Gasteiger partial charge is 0.145 e. The zero-order valence-electron chi connectivity index (χ0n) is 26.5. The molecule has 10 aromatic rings. The monoisotopic (exact) mass is 643 g/mol. The van der Waals surface area contributed by atoms with Crippen molar-refractivity contribution >= 4 is 81.3 Å². The van der Waals surface area contributed by atoms with Crippen LogP contribution in [0.15, 0.2) is 180 Å². The molecule has 10 rings (SSSR count). The molecule has 2 aromatic heterocycles. The molecule has 0 unspecified atom stereocenters. The van der Waals surface area contributed by atoms with Gasteiger partial charge in [0.1, 0.15) is 11.2 Å². The highest BCUT2D eigenvalue weighted by Gasteiger charge is 2.24. The number of benzene rings is 8. The maximum absolute atomic E-state index is 6.80. The van der Waals surface area contributed by atoms with Gasteiger partial charge in [-0.05, 0) is 70.1 Å². The first-order valence-electron chi connectivity index (χ1n) is 16.6. The van der Waals surface area contributed by atoms with Gasteiger partial charge in [-0.1, -0.05) is 133 Å². The number of fused-ring (bicyclic) bond motifs is 10. The van der Waals surface area contributed by atoms with Crippen molar-refractivity contribution < 1.29 is 4.42 Å². The lowest BCUT2D eigenvalue weighted by Crippen LogP contribution is -2.10. The molecule has 0 spiro atoms. The molecule has 3 heteroatoms. The standard InChI is InChI=1S/C46H29NOS/c1-3-12-30(13-4-1)32-22-26-34(27-23-32)47(35-28-24-33(25-29-35)31-14-5-2-6-15-31)39-19-11-21-41-43(39)44-45-42(38-18-9-10-20-40(38)48-45)36-16-7-8-17-37(36)46(44)49-41/h1-29H. The van der Waals surface area contributed by atoms with Gasteiger partial charge < -0.3 is 9.32 Å². The number of para-hydroxylation sites is 1. The summed E-state index contributed by atoms with van der Waals surface area (Å²) in [5, 5.41) is 7.20. The van der Waals surface area contributed by atoms with Gasteiger partial charge in [0, 0.05) is 47.7 Å². The van der Waals surface area contributed by atoms with Crippen molar-refractivity contribution in [3.63, 3.8) is 0 Å². The first-order chi connectivity index (χ1) is 24.3. The van der Waals surface area contributed by atoms with E-state index in [2.05, 4.69) is 181 Å². The van der Waals surface area contributed by atoms with Gasteiger partial charge in [0.15, 0.2) is 0 Å². The fourth-order valence-corrected chi connectivity index (χ4v) is 8.67. The van der Waals surface area contributed by atoms with Crippen LogP contribution in [0.25, 0.3) is 75.1 Å². The Morgan fingerprint density at radius 2 is 0.918 bits per heavy atom. The molecule has 0 aliphatic rings. The summed E-state index contributed by atoms with van der Waals surface area (Å²) in [6, 6.07) is 62.9. The van der Waals surface area contributed by atoms with Crippen LogP contribution in [0.5, 0.6) is 0 Å². The van der Waals surface area contributed by atoms with Crippen LogP contribution in [-0.2, 0) is 0 Å². The molecular formula is C46H29NOS. The van der Waals surface area contributed by atoms with E-state index in [1.807, 2.05) is 11.3 Å². The number of furan rings is 1. The second kappa shape index (κ2) is 11.2. The predicted molar refractivity (Wildman–Crippen MR) is 210 cm³/mol. The molecule has 0 saturated heterocycles. The SMILES string of the molecule is c1ccc(-c2ccc(N(c3ccc(-c4ccccc4)cc3)c3cccc4sc5c6ccccc6c6c7ccccc7oc6c5c34)cc2)cc1. The Morgan fingerprint density at radius 3 is 1.55 bits per heavy atom. The second-order valence-electron chi connectivity index (χ2n) is 12.5. The first-order valence-corrected chi connectivity index (χ1v) is 17.4. The summed E-state index contributed by atoms with van der Waals surface area (Å²) in [4.78, 5) is 2.40. The molecule has 0 aliphatic carbocycles. The predicted octanol–water partition coefficient (Wildman–Crippen LogP) is 13.9. The van der Waals surface area contributed by atoms with E-state index in [-0.39, 0.29) is 0 Å². The normalized spacial score (nSPS) is 11.7. The summed E-state index contributed by atoms with van der Waals surface area (Å²) in [7, 11) is 0. The fourth-order valence-electron chi connectivity index (χ4n) is 7.41. The molecule has 0 radical (unpaired) electrons. The lowest BCUT2D eigenvalue weighted by Gasteiger charge is -2.27. The van der Waals surface area contributed by atoms with Gasteiger partial charge in [0.05, 0.1) is 5.69 Å². The summed E-state index contributed by atoms with van der Waals surface area (Å²) in [6.07, 6.45) is 0. The van der Waals surface area contributed by atoms with E-state index in [4.69, 9.17) is 4.42 Å². The van der Waals surface area contributed by atoms with Crippen LogP contribution in [0.1, 0.15) is 0 Å². The van der Waals surface area contributed by atoms with E-state index >= 15 is 0 Å². The first kappa shape index (κ1) is 27.9. The van der Waals surface area contributed by atoms with E-state index in [1.165, 1.54) is 58.6 Å². The summed E-state index contributed by atoms with van der Waals surface area (Å²) < 4.78 is 9.29. The molecule has 2 heterocycles. The molecule has 0 fully saturated rings. The number of anilines is 3. The van der Waals surface area contributed by atoms with E-state index in [1.54, 1.807) is 0 Å². The van der Waals surface area contributed by atoms with E-state index in [9.17, 15) is 0 Å². The van der Waals surface area contributed by atoms with Gasteiger partial charge in [-0.15, -0.1) is 11.3 Å². The van der Waals surface area contributed by atoms with E-state index in [0.717, 1.165) is 33.6 Å². The maximum Gasteiger partial charge on any atom is 0.145 e. The molecule has 0 amide bonds. The molecule has 0 N–H and O–H groups in total. The summed E-state index contributed by atoms with van der Waals surface area (Å²) in [6.45, 7) is 0. The topological polar surface area (TPSA) is 16.4 Å². The Kier molecular flexibility index (Phi) is 6.39. The fraction of sp³-hybridized carbons (Fsp3) is 0. The zero-order valence-corrected chi connectivity index (χ0v) is 27.3. The van der Waals surface area contributed by atoms with Crippen LogP contribution < -0.4 is 4.90 Å². The van der Waals surface area contributed by atoms with Crippen molar-refractivity contribution in [1.29, 1.82) is 0 Å². The molecular weight excluding hydrogens is 615 g/mol. The van der Waals surface area contributed by atoms with Crippen molar-refractivity contribution in [3.8, 4) is 22.3 Å². The van der Waals surface area contributed by atoms with Gasteiger partial charge >= 0.3 is 0 Å². The quantitative estimate of drug-likeness (QED) is 0.186. The third-order valence-electron chi connectivity index (χ3n) is 9.66. The van der Waals surface area contributed by atoms with Crippen LogP contribution in [0.3, 0.4) is 0 Å². The Labute approximate surface area is 287 Å². The second-order valence-corrected chi connectivity index (χ2v) is 13.5. The van der Waals surface area contributed by atoms with Crippen molar-refractivity contribution in [2.45, 2.75) is 0 Å². The Bertz CT molecular complexity index is 2710. The molecule has 2 nitrogen and oxygen atoms in total. The van der Waals surface area contributed by atoms with Gasteiger partial charge in [-0.3, -0.25) is 0 Å². The third-order valence-corrected chi connectivity index (χ3v) is 10.9. The van der Waals surface area contributed by atoms with E-state index < -0.39 is 0 Å². The van der Waals surface area contributed by atoms with Crippen LogP contribution >= 0.6 is 11.3 Å². The van der Waals surface area contributed by atoms with Crippen LogP contribution in [0.4, 0.5) is 17.1 Å². The Morgan fingerprint density at radius 1 is 0.388 bits per heavy atom. The number of hydrogen-bond acceptors (Lipinski definition) is 3. The minimum Gasteiger partial charge on any atom is -0.455 e. The van der Waals surface area contributed by atoms with Gasteiger partial charge in [0.2, 0.25) is 0 Å². The number of rotatable bonds is 5. The van der Waals surface area contributed by atoms with Gasteiger partial charge in [-0.25, -0.2) is 0 Å². The largest absolute Gasteiger partial charge is 0.455 e. The van der Waals surface area contributed by atoms with Crippen molar-refractivity contribution in [2.24, 2.45) is 0 Å². The van der Waals surface area contributed by atoms with Crippen LogP contribution in [-0.4, -0.2) is 0 Å². The van der Waals surface area contributed by atoms with Crippen LogP contribution in [0.2, 0.25) is 0 Å². The highest BCUT2D eigenvalue weighted by Crippen LogP contribution is 2.51. The molecule has 0 saturated carbocycles. The van der Waals surface area contributed by atoms with E-state index in [0.29, 0.717) is 0 Å². The van der Waals surface area contributed by atoms with Crippen molar-refractivity contribution in [1.82, 2.24) is 0 Å². The molecule has 0 atom stereocenters. The molecule has 230 valence electrons. The minimum atomic E-state index is 0.914. The number of thiophene rings is 1. The lowest BCUT2D eigenvalue weighted by atomic mass is 9.99. The van der Waals surface area contributed by atoms with Crippen LogP contribution in [0, 0.1) is 0 Å². The summed E-state index contributed by atoms with van der Waals surface area (Å²) >= 11 is 1.85. The van der Waals surface area contributed by atoms with Gasteiger partial charge in [-0.2, -0.15) is 0 Å². The highest BCUT2D eigenvalue weighted by molar-refractivity contribution is 7.27. The minimum absolute atomic E-state index is 0.914. The summed E-state index contributed by atoms with van der Waals surface area (Å²) in [5.74, 6) is 0. The zero-order chi connectivity index (χ0) is 32.3. The van der Waals surface area contributed by atoms with Gasteiger partial charge in [0.25, 0.3) is 0 Å². The van der Waals surface area contributed by atoms with Crippen molar-refractivity contribution in [3.05, 3.63) is 176 Å². The summed E-state index contributed by atoms with van der Waals surface area (Å²) in [5.41, 5.74) is 9.98. The average Bonchev–Trinajstić information content (AvgIpc) is 3.76. The maximum atomic E-state index is 6.80.